The fourth-order valence-corrected chi connectivity index (χ4v) is 5.45. The number of benzene rings is 2. The van der Waals surface area contributed by atoms with Gasteiger partial charge in [0.2, 0.25) is 11.7 Å². The lowest BCUT2D eigenvalue weighted by Crippen LogP contribution is -2.61. The largest absolute Gasteiger partial charge is 0.489 e. The molecule has 2 fully saturated rings. The highest BCUT2D eigenvalue weighted by Gasteiger charge is 2.50. The Labute approximate surface area is 217 Å². The van der Waals surface area contributed by atoms with E-state index in [0.29, 0.717) is 44.8 Å². The van der Waals surface area contributed by atoms with E-state index < -0.39 is 23.2 Å². The number of likely N-dealkylation sites (tertiary alicyclic amines) is 1. The summed E-state index contributed by atoms with van der Waals surface area (Å²) in [6, 6.07) is 12.6. The number of alkyl halides is 3. The third-order valence-corrected chi connectivity index (χ3v) is 7.66. The molecule has 2 aromatic carbocycles. The van der Waals surface area contributed by atoms with Crippen molar-refractivity contribution in [3.8, 4) is 17.1 Å². The number of ether oxygens (including phenoxy) is 2. The quantitative estimate of drug-likeness (QED) is 0.480. The molecule has 1 amide bonds. The number of amides is 1. The van der Waals surface area contributed by atoms with Crippen LogP contribution in [0.3, 0.4) is 0 Å². The molecule has 4 atom stereocenters. The average Bonchev–Trinajstić information content (AvgIpc) is 3.61. The van der Waals surface area contributed by atoms with Crippen molar-refractivity contribution in [1.82, 2.24) is 25.5 Å². The molecular weight excluding hydrogens is 501 g/mol. The van der Waals surface area contributed by atoms with E-state index in [2.05, 4.69) is 27.5 Å². The Hall–Kier alpha value is -3.51. The minimum absolute atomic E-state index is 0.0203. The van der Waals surface area contributed by atoms with Crippen LogP contribution < -0.4 is 10.5 Å². The van der Waals surface area contributed by atoms with Crippen LogP contribution in [0.25, 0.3) is 11.4 Å². The van der Waals surface area contributed by atoms with Crippen LogP contribution in [0.4, 0.5) is 13.2 Å². The number of nitrogens with zero attached hydrogens (tertiary/aromatic N) is 4. The lowest BCUT2D eigenvalue weighted by molar-refractivity contribution is -0.142. The van der Waals surface area contributed by atoms with E-state index >= 15 is 0 Å². The van der Waals surface area contributed by atoms with Crippen LogP contribution in [0.2, 0.25) is 0 Å². The Bertz CT molecular complexity index is 1250. The van der Waals surface area contributed by atoms with Crippen LogP contribution >= 0.6 is 0 Å². The predicted octanol–water partition coefficient (Wildman–Crippen LogP) is 3.55. The van der Waals surface area contributed by atoms with Gasteiger partial charge in [0.15, 0.2) is 0 Å². The van der Waals surface area contributed by atoms with Gasteiger partial charge in [-0.15, -0.1) is 10.2 Å². The van der Waals surface area contributed by atoms with E-state index in [0.717, 1.165) is 23.3 Å². The number of hydrogen-bond donors (Lipinski definition) is 2. The van der Waals surface area contributed by atoms with E-state index in [1.807, 2.05) is 29.2 Å². The van der Waals surface area contributed by atoms with Gasteiger partial charge in [0.05, 0.1) is 11.7 Å². The minimum atomic E-state index is -4.45. The molecule has 0 bridgehead atoms. The third kappa shape index (κ3) is 5.23. The summed E-state index contributed by atoms with van der Waals surface area (Å²) in [5.41, 5.74) is 6.18. The first kappa shape index (κ1) is 26.1. The first-order valence-corrected chi connectivity index (χ1v) is 12.5. The molecule has 3 unspecified atom stereocenters. The summed E-state index contributed by atoms with van der Waals surface area (Å²) >= 11 is 0. The number of carbonyl (C=O) groups is 1. The molecular formula is C26H29F3N6O3. The number of carbonyl (C=O) groups excluding carboxylic acids is 1. The Morgan fingerprint density at radius 3 is 2.74 bits per heavy atom. The Morgan fingerprint density at radius 1 is 1.26 bits per heavy atom. The summed E-state index contributed by atoms with van der Waals surface area (Å²) < 4.78 is 51.3. The van der Waals surface area contributed by atoms with Gasteiger partial charge >= 0.3 is 6.18 Å². The molecule has 0 radical (unpaired) electrons. The zero-order valence-electron chi connectivity index (χ0n) is 20.8. The molecule has 0 spiro atoms. The number of primary amides is 1. The standard InChI is InChI=1S/C26H29F3N6O3/c1-16(17-5-7-18(8-6-17)23-31-33-34-32-23)22-14-25(24(30)36,10-12-37-22)35-11-9-21(15-35)38-20-4-2-3-19(13-20)26(27,28)29/h2-8,13,16,21-22H,9-12,14-15H2,1H3,(H2,30,36)(H,31,32,33,34)/t16-,21?,22?,25?/m0/s1. The topological polar surface area (TPSA) is 119 Å². The van der Waals surface area contributed by atoms with Gasteiger partial charge < -0.3 is 15.2 Å². The maximum atomic E-state index is 13.1. The van der Waals surface area contributed by atoms with Crippen molar-refractivity contribution in [2.24, 2.45) is 5.73 Å². The van der Waals surface area contributed by atoms with Crippen molar-refractivity contribution in [2.75, 3.05) is 19.7 Å². The molecule has 3 N–H and O–H groups in total. The Morgan fingerprint density at radius 2 is 2.05 bits per heavy atom. The second-order valence-corrected chi connectivity index (χ2v) is 9.91. The number of nitrogens with two attached hydrogens (primary N) is 1. The third-order valence-electron chi connectivity index (χ3n) is 7.66. The minimum Gasteiger partial charge on any atom is -0.489 e. The molecule has 12 heteroatoms. The summed E-state index contributed by atoms with van der Waals surface area (Å²) in [5.74, 6) is 0.211. The molecule has 2 aliphatic heterocycles. The van der Waals surface area contributed by atoms with Crippen molar-refractivity contribution in [3.63, 3.8) is 0 Å². The average molecular weight is 531 g/mol. The van der Waals surface area contributed by atoms with Crippen LogP contribution in [-0.2, 0) is 15.7 Å². The van der Waals surface area contributed by atoms with Gasteiger partial charge in [-0.05, 0) is 41.8 Å². The van der Waals surface area contributed by atoms with Crippen LogP contribution in [0, 0.1) is 0 Å². The maximum Gasteiger partial charge on any atom is 0.416 e. The Balaban J connectivity index is 1.28. The summed E-state index contributed by atoms with van der Waals surface area (Å²) in [4.78, 5) is 14.9. The zero-order chi connectivity index (χ0) is 26.9. The van der Waals surface area contributed by atoms with E-state index in [1.54, 1.807) is 0 Å². The normalized spacial score (nSPS) is 25.3. The van der Waals surface area contributed by atoms with Crippen LogP contribution in [0.1, 0.15) is 43.2 Å². The van der Waals surface area contributed by atoms with E-state index in [9.17, 15) is 18.0 Å². The molecule has 38 heavy (non-hydrogen) atoms. The number of aromatic amines is 1. The smallest absolute Gasteiger partial charge is 0.416 e. The number of H-pyrrole nitrogens is 1. The van der Waals surface area contributed by atoms with Gasteiger partial charge in [0.1, 0.15) is 17.4 Å². The lowest BCUT2D eigenvalue weighted by Gasteiger charge is -2.46. The van der Waals surface area contributed by atoms with Crippen LogP contribution in [0.5, 0.6) is 5.75 Å². The number of rotatable bonds is 7. The molecule has 2 aliphatic rings. The molecule has 2 saturated heterocycles. The number of hydrogen-bond acceptors (Lipinski definition) is 7. The van der Waals surface area contributed by atoms with E-state index in [4.69, 9.17) is 15.2 Å². The van der Waals surface area contributed by atoms with Gasteiger partial charge in [-0.1, -0.05) is 37.3 Å². The first-order valence-electron chi connectivity index (χ1n) is 12.5. The van der Waals surface area contributed by atoms with Crippen molar-refractivity contribution < 1.29 is 27.4 Å². The monoisotopic (exact) mass is 530 g/mol. The van der Waals surface area contributed by atoms with Gasteiger partial charge in [0.25, 0.3) is 0 Å². The maximum absolute atomic E-state index is 13.1. The predicted molar refractivity (Wildman–Crippen MR) is 131 cm³/mol. The fourth-order valence-electron chi connectivity index (χ4n) is 5.45. The highest BCUT2D eigenvalue weighted by molar-refractivity contribution is 5.85. The lowest BCUT2D eigenvalue weighted by atomic mass is 9.79. The van der Waals surface area contributed by atoms with Gasteiger partial charge in [-0.2, -0.15) is 18.4 Å². The number of nitrogens with one attached hydrogen (secondary N) is 1. The van der Waals surface area contributed by atoms with Crippen molar-refractivity contribution in [3.05, 3.63) is 59.7 Å². The zero-order valence-corrected chi connectivity index (χ0v) is 20.8. The summed E-state index contributed by atoms with van der Waals surface area (Å²) in [6.45, 7) is 3.36. The second-order valence-electron chi connectivity index (χ2n) is 9.91. The van der Waals surface area contributed by atoms with E-state index in [1.165, 1.54) is 12.1 Å². The van der Waals surface area contributed by atoms with Crippen LogP contribution in [-0.4, -0.2) is 68.9 Å². The van der Waals surface area contributed by atoms with Crippen LogP contribution in [0.15, 0.2) is 48.5 Å². The molecule has 202 valence electrons. The van der Waals surface area contributed by atoms with Gasteiger partial charge in [-0.3, -0.25) is 9.69 Å². The van der Waals surface area contributed by atoms with Crippen molar-refractivity contribution in [2.45, 2.75) is 56.0 Å². The van der Waals surface area contributed by atoms with Crippen molar-refractivity contribution in [1.29, 1.82) is 0 Å². The fraction of sp³-hybridized carbons (Fsp3) is 0.462. The molecule has 0 saturated carbocycles. The molecule has 9 nitrogen and oxygen atoms in total. The van der Waals surface area contributed by atoms with Crippen molar-refractivity contribution >= 4 is 5.91 Å². The highest BCUT2D eigenvalue weighted by atomic mass is 19.4. The SMILES string of the molecule is C[C@@H](c1ccc(-c2nn[nH]n2)cc1)C1CC(C(N)=O)(N2CCC(Oc3cccc(C(F)(F)F)c3)C2)CCO1. The number of halogens is 3. The molecule has 1 aromatic heterocycles. The summed E-state index contributed by atoms with van der Waals surface area (Å²) in [5, 5.41) is 14.0. The molecule has 3 heterocycles. The second kappa shape index (κ2) is 10.3. The highest BCUT2D eigenvalue weighted by Crippen LogP contribution is 2.39. The molecule has 0 aliphatic carbocycles. The molecule has 5 rings (SSSR count). The summed E-state index contributed by atoms with van der Waals surface area (Å²) in [7, 11) is 0. The molecule has 3 aromatic rings. The number of aromatic nitrogens is 4. The van der Waals surface area contributed by atoms with Gasteiger partial charge in [-0.25, -0.2) is 0 Å². The number of tetrazole rings is 1. The first-order chi connectivity index (χ1) is 18.2. The Kier molecular flexibility index (Phi) is 7.10. The van der Waals surface area contributed by atoms with E-state index in [-0.39, 0.29) is 23.9 Å². The summed E-state index contributed by atoms with van der Waals surface area (Å²) in [6.07, 6.45) is -3.63. The van der Waals surface area contributed by atoms with Gasteiger partial charge in [0, 0.05) is 37.6 Å².